The number of rotatable bonds is 2. The molecule has 0 bridgehead atoms. The van der Waals surface area contributed by atoms with E-state index >= 15 is 0 Å². The Kier molecular flexibility index (Phi) is 1.82. The Morgan fingerprint density at radius 3 is 1.65 bits per heavy atom. The maximum Gasteiger partial charge on any atom is 0.0636 e. The molecular formula is C40H24. The Hall–Kier alpha value is -5.20. The van der Waals surface area contributed by atoms with Crippen LogP contribution in [0.3, 0.4) is 0 Å². The van der Waals surface area contributed by atoms with E-state index in [1.165, 1.54) is 0 Å². The van der Waals surface area contributed by atoms with Gasteiger partial charge in [0.25, 0.3) is 0 Å². The molecule has 0 heterocycles. The van der Waals surface area contributed by atoms with Crippen LogP contribution >= 0.6 is 0 Å². The van der Waals surface area contributed by atoms with Crippen molar-refractivity contribution in [1.82, 2.24) is 0 Å². The van der Waals surface area contributed by atoms with Crippen molar-refractivity contribution in [2.75, 3.05) is 0 Å². The molecule has 0 aromatic heterocycles. The summed E-state index contributed by atoms with van der Waals surface area (Å²) in [6.07, 6.45) is 0. The molecule has 9 aromatic carbocycles. The van der Waals surface area contributed by atoms with Crippen LogP contribution in [0.4, 0.5) is 0 Å². The molecule has 0 spiro atoms. The second-order valence-electron chi connectivity index (χ2n) is 9.00. The van der Waals surface area contributed by atoms with Crippen LogP contribution in [0.5, 0.6) is 0 Å². The third-order valence-corrected chi connectivity index (χ3v) is 6.94. The van der Waals surface area contributed by atoms with Crippen molar-refractivity contribution >= 4 is 64.6 Å². The third kappa shape index (κ3) is 2.96. The maximum absolute atomic E-state index is 9.64. The zero-order valence-corrected chi connectivity index (χ0v) is 20.0. The summed E-state index contributed by atoms with van der Waals surface area (Å²) in [7, 11) is 0. The van der Waals surface area contributed by atoms with Crippen LogP contribution in [0.1, 0.15) is 32.9 Å². The molecule has 0 saturated carbocycles. The molecule has 0 nitrogen and oxygen atoms in total. The predicted molar refractivity (Wildman–Crippen MR) is 174 cm³/mol. The lowest BCUT2D eigenvalue weighted by Crippen LogP contribution is -1.91. The monoisotopic (exact) mass is 528 g/mol. The van der Waals surface area contributed by atoms with E-state index in [0.29, 0.717) is 0 Å². The summed E-state index contributed by atoms with van der Waals surface area (Å²) in [5, 5.41) is -6.16. The lowest BCUT2D eigenvalue weighted by molar-refractivity contribution is 1.66. The minimum atomic E-state index is -0.909. The van der Waals surface area contributed by atoms with Gasteiger partial charge in [0.15, 0.2) is 0 Å². The second-order valence-corrected chi connectivity index (χ2v) is 9.00. The summed E-state index contributed by atoms with van der Waals surface area (Å²) in [6, 6.07) is -20.0. The Labute approximate surface area is 265 Å². The molecule has 0 aliphatic carbocycles. The fraction of sp³-hybridized carbons (Fsp3) is 0. The van der Waals surface area contributed by atoms with E-state index in [2.05, 4.69) is 0 Å². The van der Waals surface area contributed by atoms with Crippen LogP contribution in [0, 0.1) is 0 Å². The van der Waals surface area contributed by atoms with E-state index in [1.807, 2.05) is 0 Å². The average Bonchev–Trinajstić information content (AvgIpc) is 3.26. The summed E-state index contributed by atoms with van der Waals surface area (Å²) < 4.78 is 215. The van der Waals surface area contributed by atoms with Crippen molar-refractivity contribution in [3.05, 3.63) is 145 Å². The molecule has 0 heteroatoms. The summed E-state index contributed by atoms with van der Waals surface area (Å²) in [4.78, 5) is 0. The molecule has 0 amide bonds. The SMILES string of the molecule is [2H]c1c([2H])c([2H])c(-c2c([2H])c([2H])c3c([2H])c([2H])c4c(-c5c6c([2H])c([2H])c([2H])c([2H])c6c([2H])c6c([2H])c([2H])c7c([2H])c([2H])c([2H])c([2H])c7c56)c([2H])c([2H])c5c([2H])c([2H])c2c3c54)c([2H])c1[2H]. The van der Waals surface area contributed by atoms with Crippen molar-refractivity contribution in [1.29, 1.82) is 0 Å². The van der Waals surface area contributed by atoms with Crippen molar-refractivity contribution in [3.63, 3.8) is 0 Å². The van der Waals surface area contributed by atoms with Crippen molar-refractivity contribution in [2.45, 2.75) is 0 Å². The zero-order chi connectivity index (χ0) is 47.1. The van der Waals surface area contributed by atoms with Crippen molar-refractivity contribution < 1.29 is 32.9 Å². The molecular weight excluding hydrogens is 480 g/mol. The Bertz CT molecular complexity index is 3730. The van der Waals surface area contributed by atoms with Gasteiger partial charge in [0.2, 0.25) is 0 Å². The first kappa shape index (κ1) is 8.91. The first-order valence-corrected chi connectivity index (χ1v) is 12.0. The Morgan fingerprint density at radius 2 is 0.875 bits per heavy atom. The average molecular weight is 529 g/mol. The van der Waals surface area contributed by atoms with Crippen LogP contribution in [-0.4, -0.2) is 0 Å². The molecule has 0 N–H and O–H groups in total. The molecule has 0 aliphatic rings. The molecule has 184 valence electrons. The van der Waals surface area contributed by atoms with E-state index < -0.39 is 227 Å². The van der Waals surface area contributed by atoms with Gasteiger partial charge in [-0.15, -0.1) is 0 Å². The van der Waals surface area contributed by atoms with Crippen LogP contribution in [0.2, 0.25) is 0 Å². The predicted octanol–water partition coefficient (Wildman–Crippen LogP) is 11.4. The van der Waals surface area contributed by atoms with Gasteiger partial charge < -0.3 is 0 Å². The molecule has 0 radical (unpaired) electrons. The molecule has 0 unspecified atom stereocenters. The third-order valence-electron chi connectivity index (χ3n) is 6.94. The van der Waals surface area contributed by atoms with Gasteiger partial charge in [-0.2, -0.15) is 0 Å². The minimum absolute atomic E-state index is 0.376. The highest BCUT2D eigenvalue weighted by atomic mass is 14.2. The molecule has 9 aromatic rings. The topological polar surface area (TPSA) is 0 Å². The molecule has 40 heavy (non-hydrogen) atoms. The van der Waals surface area contributed by atoms with Crippen LogP contribution in [0.15, 0.2) is 145 Å². The molecule has 0 saturated heterocycles. The van der Waals surface area contributed by atoms with E-state index in [9.17, 15) is 13.7 Å². The highest BCUT2D eigenvalue weighted by molar-refractivity contribution is 6.30. The van der Waals surface area contributed by atoms with Crippen molar-refractivity contribution in [3.8, 4) is 22.3 Å². The maximum atomic E-state index is 9.64. The fourth-order valence-electron chi connectivity index (χ4n) is 5.28. The lowest BCUT2D eigenvalue weighted by atomic mass is 9.84. The first-order chi connectivity index (χ1) is 29.9. The second kappa shape index (κ2) is 8.15. The highest BCUT2D eigenvalue weighted by Crippen LogP contribution is 2.46. The molecule has 0 fully saturated rings. The van der Waals surface area contributed by atoms with Gasteiger partial charge in [0, 0.05) is 0 Å². The largest absolute Gasteiger partial charge is 0.0636 e. The van der Waals surface area contributed by atoms with Gasteiger partial charge >= 0.3 is 0 Å². The van der Waals surface area contributed by atoms with Gasteiger partial charge in [-0.1, -0.05) is 139 Å². The van der Waals surface area contributed by atoms with Gasteiger partial charge in [-0.25, -0.2) is 0 Å². The standard InChI is InChI=1S/C40H24/c1-2-8-25(9-3-1)31-20-16-27-18-22-35-36(23-19-28-17-21-34(31)37(27)38(28)35)40-33-13-7-5-11-29(33)24-30-15-14-26-10-4-6-12-32(26)39(30)40/h1-24H/i1D,2D,3D,4D,5D,6D,7D,8D,9D,10D,11D,12D,13D,14D,15D,16D,17D,18D,19D,20D,21D,22D,23D,24D. The van der Waals surface area contributed by atoms with Gasteiger partial charge in [0.1, 0.15) is 0 Å². The Balaban J connectivity index is 1.71. The van der Waals surface area contributed by atoms with Crippen LogP contribution < -0.4 is 0 Å². The Morgan fingerprint density at radius 1 is 0.325 bits per heavy atom. The van der Waals surface area contributed by atoms with Crippen molar-refractivity contribution in [2.24, 2.45) is 0 Å². The fourth-order valence-corrected chi connectivity index (χ4v) is 5.28. The lowest BCUT2D eigenvalue weighted by Gasteiger charge is -2.19. The quantitative estimate of drug-likeness (QED) is 0.155. The highest BCUT2D eigenvalue weighted by Gasteiger charge is 2.18. The number of hydrogen-bond donors (Lipinski definition) is 0. The number of hydrogen-bond acceptors (Lipinski definition) is 0. The zero-order valence-electron chi connectivity index (χ0n) is 44.0. The summed E-state index contributed by atoms with van der Waals surface area (Å²) in [5.41, 5.74) is -2.44. The minimum Gasteiger partial charge on any atom is -0.0622 e. The van der Waals surface area contributed by atoms with Crippen LogP contribution in [-0.2, 0) is 0 Å². The van der Waals surface area contributed by atoms with Gasteiger partial charge in [0.05, 0.1) is 32.9 Å². The summed E-state index contributed by atoms with van der Waals surface area (Å²) >= 11 is 0. The first-order valence-electron chi connectivity index (χ1n) is 24.0. The number of benzene rings is 9. The summed E-state index contributed by atoms with van der Waals surface area (Å²) in [5.74, 6) is 0. The van der Waals surface area contributed by atoms with E-state index in [-0.39, 0.29) is 5.39 Å². The van der Waals surface area contributed by atoms with E-state index in [1.54, 1.807) is 0 Å². The van der Waals surface area contributed by atoms with Gasteiger partial charge in [-0.3, -0.25) is 0 Å². The van der Waals surface area contributed by atoms with E-state index in [4.69, 9.17) is 19.2 Å². The molecule has 0 atom stereocenters. The normalized spacial score (nSPS) is 20.4. The smallest absolute Gasteiger partial charge is 0.0622 e. The van der Waals surface area contributed by atoms with Gasteiger partial charge in [-0.05, 0) is 92.9 Å². The summed E-state index contributed by atoms with van der Waals surface area (Å²) in [6.45, 7) is 0. The number of fused-ring (bicyclic) bond motifs is 4. The van der Waals surface area contributed by atoms with E-state index in [0.717, 1.165) is 0 Å². The van der Waals surface area contributed by atoms with Crippen LogP contribution in [0.25, 0.3) is 86.9 Å². The molecule has 0 aliphatic heterocycles. The molecule has 9 rings (SSSR count).